The highest BCUT2D eigenvalue weighted by Crippen LogP contribution is 2.29. The fourth-order valence-electron chi connectivity index (χ4n) is 1.81. The highest BCUT2D eigenvalue weighted by atomic mass is 79.9. The molecular formula is C14H12BrF2NO. The lowest BCUT2D eigenvalue weighted by Crippen LogP contribution is -2.14. The standard InChI is InChI=1S/C14H12BrF2NO/c1-19-12-7-8(5-6-11(12)16)14(18)9-3-2-4-10(15)13(9)17/h2-7,14H,18H2,1H3. The van der Waals surface area contributed by atoms with Crippen LogP contribution >= 0.6 is 15.9 Å². The van der Waals surface area contributed by atoms with E-state index in [1.807, 2.05) is 0 Å². The largest absolute Gasteiger partial charge is 0.494 e. The van der Waals surface area contributed by atoms with Crippen molar-refractivity contribution in [3.63, 3.8) is 0 Å². The summed E-state index contributed by atoms with van der Waals surface area (Å²) >= 11 is 3.11. The van der Waals surface area contributed by atoms with Gasteiger partial charge in [0.25, 0.3) is 0 Å². The van der Waals surface area contributed by atoms with Crippen LogP contribution in [0.4, 0.5) is 8.78 Å². The predicted octanol–water partition coefficient (Wildman–Crippen LogP) is 3.78. The second-order valence-corrected chi connectivity index (χ2v) is 4.87. The minimum atomic E-state index is -0.688. The monoisotopic (exact) mass is 327 g/mol. The zero-order chi connectivity index (χ0) is 14.0. The highest BCUT2D eigenvalue weighted by Gasteiger charge is 2.17. The maximum Gasteiger partial charge on any atom is 0.165 e. The topological polar surface area (TPSA) is 35.2 Å². The third kappa shape index (κ3) is 2.77. The van der Waals surface area contributed by atoms with Crippen molar-refractivity contribution >= 4 is 15.9 Å². The van der Waals surface area contributed by atoms with E-state index in [1.165, 1.54) is 25.3 Å². The van der Waals surface area contributed by atoms with Crippen LogP contribution in [0.5, 0.6) is 5.75 Å². The van der Waals surface area contributed by atoms with Crippen molar-refractivity contribution in [3.05, 3.63) is 63.6 Å². The molecule has 5 heteroatoms. The van der Waals surface area contributed by atoms with Gasteiger partial charge in [-0.1, -0.05) is 18.2 Å². The SMILES string of the molecule is COc1cc(C(N)c2cccc(Br)c2F)ccc1F. The molecule has 1 unspecified atom stereocenters. The van der Waals surface area contributed by atoms with Gasteiger partial charge in [0, 0.05) is 5.56 Å². The van der Waals surface area contributed by atoms with Crippen LogP contribution in [0.3, 0.4) is 0 Å². The molecule has 0 aliphatic rings. The molecule has 0 aliphatic carbocycles. The summed E-state index contributed by atoms with van der Waals surface area (Å²) in [5.74, 6) is -0.810. The Morgan fingerprint density at radius 1 is 1.21 bits per heavy atom. The third-order valence-corrected chi connectivity index (χ3v) is 3.46. The van der Waals surface area contributed by atoms with E-state index in [0.29, 0.717) is 15.6 Å². The maximum absolute atomic E-state index is 14.0. The Bertz CT molecular complexity index is 604. The van der Waals surface area contributed by atoms with Gasteiger partial charge in [-0.05, 0) is 39.7 Å². The number of methoxy groups -OCH3 is 1. The molecule has 0 saturated carbocycles. The van der Waals surface area contributed by atoms with E-state index in [-0.39, 0.29) is 5.75 Å². The first-order chi connectivity index (χ1) is 9.04. The van der Waals surface area contributed by atoms with Gasteiger partial charge in [0.15, 0.2) is 11.6 Å². The van der Waals surface area contributed by atoms with Crippen LogP contribution in [0.1, 0.15) is 17.2 Å². The van der Waals surface area contributed by atoms with E-state index in [1.54, 1.807) is 18.2 Å². The van der Waals surface area contributed by atoms with Gasteiger partial charge >= 0.3 is 0 Å². The van der Waals surface area contributed by atoms with E-state index in [2.05, 4.69) is 15.9 Å². The average Bonchev–Trinajstić information content (AvgIpc) is 2.41. The Labute approximate surface area is 118 Å². The lowest BCUT2D eigenvalue weighted by molar-refractivity contribution is 0.385. The summed E-state index contributed by atoms with van der Waals surface area (Å²) in [5.41, 5.74) is 6.94. The molecule has 0 saturated heterocycles. The van der Waals surface area contributed by atoms with Gasteiger partial charge in [-0.3, -0.25) is 0 Å². The number of nitrogens with two attached hydrogens (primary N) is 1. The maximum atomic E-state index is 14.0. The number of rotatable bonds is 3. The quantitative estimate of drug-likeness (QED) is 0.931. The number of ether oxygens (including phenoxy) is 1. The van der Waals surface area contributed by atoms with Crippen molar-refractivity contribution < 1.29 is 13.5 Å². The van der Waals surface area contributed by atoms with Crippen LogP contribution in [0, 0.1) is 11.6 Å². The van der Waals surface area contributed by atoms with Gasteiger partial charge in [-0.15, -0.1) is 0 Å². The van der Waals surface area contributed by atoms with Gasteiger partial charge in [-0.2, -0.15) is 0 Å². The van der Waals surface area contributed by atoms with Crippen LogP contribution in [-0.2, 0) is 0 Å². The van der Waals surface area contributed by atoms with E-state index in [4.69, 9.17) is 10.5 Å². The van der Waals surface area contributed by atoms with E-state index < -0.39 is 17.7 Å². The van der Waals surface area contributed by atoms with Crippen molar-refractivity contribution in [3.8, 4) is 5.75 Å². The molecule has 19 heavy (non-hydrogen) atoms. The molecule has 0 spiro atoms. The minimum Gasteiger partial charge on any atom is -0.494 e. The van der Waals surface area contributed by atoms with Crippen LogP contribution in [0.25, 0.3) is 0 Å². The molecule has 0 aromatic heterocycles. The first-order valence-electron chi connectivity index (χ1n) is 5.57. The van der Waals surface area contributed by atoms with Crippen molar-refractivity contribution in [2.75, 3.05) is 7.11 Å². The summed E-state index contributed by atoms with van der Waals surface area (Å²) in [6, 6.07) is 8.44. The van der Waals surface area contributed by atoms with E-state index >= 15 is 0 Å². The summed E-state index contributed by atoms with van der Waals surface area (Å²) in [6.07, 6.45) is 0. The minimum absolute atomic E-state index is 0.0864. The normalized spacial score (nSPS) is 12.3. The molecule has 2 aromatic carbocycles. The predicted molar refractivity (Wildman–Crippen MR) is 73.1 cm³/mol. The molecule has 0 bridgehead atoms. The van der Waals surface area contributed by atoms with Crippen LogP contribution in [-0.4, -0.2) is 7.11 Å². The van der Waals surface area contributed by atoms with Crippen LogP contribution in [0.15, 0.2) is 40.9 Å². The molecule has 2 N–H and O–H groups in total. The molecule has 0 fully saturated rings. The number of benzene rings is 2. The van der Waals surface area contributed by atoms with E-state index in [9.17, 15) is 8.78 Å². The molecule has 2 nitrogen and oxygen atoms in total. The van der Waals surface area contributed by atoms with Gasteiger partial charge in [0.2, 0.25) is 0 Å². The molecule has 0 radical (unpaired) electrons. The van der Waals surface area contributed by atoms with Gasteiger partial charge in [0.1, 0.15) is 5.82 Å². The molecular weight excluding hydrogens is 316 g/mol. The fraction of sp³-hybridized carbons (Fsp3) is 0.143. The van der Waals surface area contributed by atoms with Crippen LogP contribution in [0.2, 0.25) is 0 Å². The van der Waals surface area contributed by atoms with Crippen molar-refractivity contribution in [1.29, 1.82) is 0 Å². The lowest BCUT2D eigenvalue weighted by atomic mass is 9.99. The van der Waals surface area contributed by atoms with Gasteiger partial charge < -0.3 is 10.5 Å². The van der Waals surface area contributed by atoms with E-state index in [0.717, 1.165) is 0 Å². The van der Waals surface area contributed by atoms with Crippen LogP contribution < -0.4 is 10.5 Å². The van der Waals surface area contributed by atoms with Gasteiger partial charge in [0.05, 0.1) is 17.6 Å². The second kappa shape index (κ2) is 5.67. The first kappa shape index (κ1) is 14.0. The number of hydrogen-bond acceptors (Lipinski definition) is 2. The molecule has 100 valence electrons. The summed E-state index contributed by atoms with van der Waals surface area (Å²) in [7, 11) is 1.37. The molecule has 2 rings (SSSR count). The smallest absolute Gasteiger partial charge is 0.165 e. The molecule has 0 heterocycles. The molecule has 1 atom stereocenters. The summed E-state index contributed by atoms with van der Waals surface area (Å²) < 4.78 is 32.5. The van der Waals surface area contributed by atoms with Crippen molar-refractivity contribution in [1.82, 2.24) is 0 Å². The highest BCUT2D eigenvalue weighted by molar-refractivity contribution is 9.10. The zero-order valence-electron chi connectivity index (χ0n) is 10.2. The summed E-state index contributed by atoms with van der Waals surface area (Å²) in [6.45, 7) is 0. The Hall–Kier alpha value is -1.46. The number of hydrogen-bond donors (Lipinski definition) is 1. The Morgan fingerprint density at radius 2 is 1.95 bits per heavy atom. The summed E-state index contributed by atoms with van der Waals surface area (Å²) in [5, 5.41) is 0. The first-order valence-corrected chi connectivity index (χ1v) is 6.37. The Kier molecular flexibility index (Phi) is 4.17. The Balaban J connectivity index is 2.44. The van der Waals surface area contributed by atoms with Gasteiger partial charge in [-0.25, -0.2) is 8.78 Å². The molecule has 0 amide bonds. The van der Waals surface area contributed by atoms with Crippen molar-refractivity contribution in [2.24, 2.45) is 5.73 Å². The molecule has 0 aliphatic heterocycles. The number of halogens is 3. The lowest BCUT2D eigenvalue weighted by Gasteiger charge is -2.15. The summed E-state index contributed by atoms with van der Waals surface area (Å²) in [4.78, 5) is 0. The van der Waals surface area contributed by atoms with Crippen molar-refractivity contribution in [2.45, 2.75) is 6.04 Å². The fourth-order valence-corrected chi connectivity index (χ4v) is 2.19. The molecule has 2 aromatic rings. The average molecular weight is 328 g/mol. The Morgan fingerprint density at radius 3 is 2.63 bits per heavy atom. The third-order valence-electron chi connectivity index (χ3n) is 2.85. The second-order valence-electron chi connectivity index (χ2n) is 4.01. The zero-order valence-corrected chi connectivity index (χ0v) is 11.7.